The molecule has 0 bridgehead atoms. The molecule has 0 saturated heterocycles. The first-order chi connectivity index (χ1) is 7.06. The van der Waals surface area contributed by atoms with Crippen molar-refractivity contribution in [2.24, 2.45) is 0 Å². The van der Waals surface area contributed by atoms with Crippen LogP contribution in [0.2, 0.25) is 0 Å². The van der Waals surface area contributed by atoms with Crippen LogP contribution in [-0.4, -0.2) is 29.0 Å². The zero-order valence-corrected chi connectivity index (χ0v) is 9.81. The van der Waals surface area contributed by atoms with E-state index in [0.717, 1.165) is 9.37 Å². The Bertz CT molecular complexity index is 356. The summed E-state index contributed by atoms with van der Waals surface area (Å²) in [5, 5.41) is 18.0. The van der Waals surface area contributed by atoms with Crippen molar-refractivity contribution in [3.63, 3.8) is 0 Å². The number of halogens is 1. The van der Waals surface area contributed by atoms with Gasteiger partial charge in [-0.3, -0.25) is 4.90 Å². The molecule has 15 heavy (non-hydrogen) atoms. The van der Waals surface area contributed by atoms with E-state index in [2.05, 4.69) is 15.9 Å². The Balaban J connectivity index is 3.04. The van der Waals surface area contributed by atoms with Crippen molar-refractivity contribution in [2.75, 3.05) is 11.5 Å². The van der Waals surface area contributed by atoms with Crippen LogP contribution in [0.25, 0.3) is 0 Å². The molecule has 0 fully saturated rings. The summed E-state index contributed by atoms with van der Waals surface area (Å²) in [4.78, 5) is 12.1. The minimum atomic E-state index is -1.07. The summed E-state index contributed by atoms with van der Waals surface area (Å²) in [7, 11) is 0. The molecule has 1 unspecified atom stereocenters. The lowest BCUT2D eigenvalue weighted by Crippen LogP contribution is -2.39. The van der Waals surface area contributed by atoms with E-state index in [-0.39, 0.29) is 6.61 Å². The Labute approximate surface area is 96.3 Å². The first-order valence-corrected chi connectivity index (χ1v) is 5.24. The third-order valence-electron chi connectivity index (χ3n) is 2.00. The molecule has 4 nitrogen and oxygen atoms in total. The Morgan fingerprint density at radius 2 is 2.27 bits per heavy atom. The van der Waals surface area contributed by atoms with Gasteiger partial charge < -0.3 is 10.2 Å². The highest BCUT2D eigenvalue weighted by Crippen LogP contribution is 2.21. The molecular formula is C10H12BrNO3. The third-order valence-corrected chi connectivity index (χ3v) is 2.49. The molecule has 2 N–H and O–H groups in total. The van der Waals surface area contributed by atoms with Gasteiger partial charge in [0, 0.05) is 10.2 Å². The number of nitrogens with zero attached hydrogens (tertiary/aromatic N) is 1. The normalized spacial score (nSPS) is 12.2. The van der Waals surface area contributed by atoms with Gasteiger partial charge in [-0.1, -0.05) is 22.0 Å². The van der Waals surface area contributed by atoms with Crippen LogP contribution >= 0.6 is 15.9 Å². The largest absolute Gasteiger partial charge is 0.465 e. The summed E-state index contributed by atoms with van der Waals surface area (Å²) < 4.78 is 0.802. The number of hydrogen-bond acceptors (Lipinski definition) is 2. The first kappa shape index (κ1) is 12.0. The van der Waals surface area contributed by atoms with Crippen LogP contribution in [-0.2, 0) is 0 Å². The number of amides is 1. The standard InChI is InChI=1S/C10H12BrNO3/c1-7(6-13)12(10(14)15)9-4-2-3-8(11)5-9/h2-5,7,13H,6H2,1H3,(H,14,15). The number of aliphatic hydroxyl groups is 1. The molecule has 1 aromatic rings. The van der Waals surface area contributed by atoms with Gasteiger partial charge in [-0.2, -0.15) is 0 Å². The van der Waals surface area contributed by atoms with Gasteiger partial charge in [-0.15, -0.1) is 0 Å². The van der Waals surface area contributed by atoms with Crippen molar-refractivity contribution in [2.45, 2.75) is 13.0 Å². The minimum Gasteiger partial charge on any atom is -0.465 e. The van der Waals surface area contributed by atoms with E-state index < -0.39 is 12.1 Å². The van der Waals surface area contributed by atoms with Crippen molar-refractivity contribution in [1.29, 1.82) is 0 Å². The average molecular weight is 274 g/mol. The lowest BCUT2D eigenvalue weighted by Gasteiger charge is -2.24. The van der Waals surface area contributed by atoms with E-state index in [1.54, 1.807) is 25.1 Å². The maximum atomic E-state index is 11.0. The van der Waals surface area contributed by atoms with Gasteiger partial charge in [-0.05, 0) is 25.1 Å². The number of anilines is 1. The van der Waals surface area contributed by atoms with Crippen LogP contribution in [0, 0.1) is 0 Å². The summed E-state index contributed by atoms with van der Waals surface area (Å²) in [6.07, 6.45) is -1.07. The van der Waals surface area contributed by atoms with Crippen LogP contribution in [0.15, 0.2) is 28.7 Å². The van der Waals surface area contributed by atoms with Crippen LogP contribution < -0.4 is 4.90 Å². The van der Waals surface area contributed by atoms with Crippen molar-refractivity contribution in [3.05, 3.63) is 28.7 Å². The molecule has 5 heteroatoms. The second kappa shape index (κ2) is 5.14. The van der Waals surface area contributed by atoms with Gasteiger partial charge in [0.15, 0.2) is 0 Å². The number of rotatable bonds is 3. The predicted octanol–water partition coefficient (Wildman–Crippen LogP) is 2.31. The summed E-state index contributed by atoms with van der Waals surface area (Å²) >= 11 is 3.27. The average Bonchev–Trinajstić information content (AvgIpc) is 2.17. The number of carboxylic acid groups (broad SMARTS) is 1. The predicted molar refractivity (Wildman–Crippen MR) is 61.2 cm³/mol. The Morgan fingerprint density at radius 1 is 1.60 bits per heavy atom. The summed E-state index contributed by atoms with van der Waals surface area (Å²) in [5.41, 5.74) is 0.540. The highest BCUT2D eigenvalue weighted by atomic mass is 79.9. The zero-order chi connectivity index (χ0) is 11.4. The molecule has 1 atom stereocenters. The second-order valence-corrected chi connectivity index (χ2v) is 4.08. The van der Waals surface area contributed by atoms with E-state index >= 15 is 0 Å². The van der Waals surface area contributed by atoms with E-state index in [4.69, 9.17) is 10.2 Å². The number of aliphatic hydroxyl groups excluding tert-OH is 1. The molecule has 82 valence electrons. The zero-order valence-electron chi connectivity index (χ0n) is 8.22. The number of carbonyl (C=O) groups is 1. The van der Waals surface area contributed by atoms with Gasteiger partial charge in [0.2, 0.25) is 0 Å². The Hall–Kier alpha value is -1.07. The summed E-state index contributed by atoms with van der Waals surface area (Å²) in [6.45, 7) is 1.44. The molecule has 0 aliphatic heterocycles. The van der Waals surface area contributed by atoms with E-state index in [1.165, 1.54) is 0 Å². The van der Waals surface area contributed by atoms with Gasteiger partial charge in [0.1, 0.15) is 0 Å². The van der Waals surface area contributed by atoms with Crippen molar-refractivity contribution in [3.8, 4) is 0 Å². The fourth-order valence-corrected chi connectivity index (χ4v) is 1.65. The highest BCUT2D eigenvalue weighted by molar-refractivity contribution is 9.10. The molecule has 1 aromatic carbocycles. The first-order valence-electron chi connectivity index (χ1n) is 4.45. The smallest absolute Gasteiger partial charge is 0.412 e. The molecule has 0 aliphatic rings. The minimum absolute atomic E-state index is 0.210. The molecule has 0 aliphatic carbocycles. The lowest BCUT2D eigenvalue weighted by atomic mass is 10.2. The SMILES string of the molecule is CC(CO)N(C(=O)O)c1cccc(Br)c1. The van der Waals surface area contributed by atoms with E-state index in [9.17, 15) is 4.79 Å². The monoisotopic (exact) mass is 273 g/mol. The molecule has 0 radical (unpaired) electrons. The molecule has 0 saturated carbocycles. The van der Waals surface area contributed by atoms with E-state index in [0.29, 0.717) is 5.69 Å². The number of hydrogen-bond donors (Lipinski definition) is 2. The summed E-state index contributed by atoms with van der Waals surface area (Å²) in [6, 6.07) is 6.48. The molecule has 1 rings (SSSR count). The van der Waals surface area contributed by atoms with Crippen LogP contribution in [0.4, 0.5) is 10.5 Å². The fraction of sp³-hybridized carbons (Fsp3) is 0.300. The van der Waals surface area contributed by atoms with E-state index in [1.807, 2.05) is 6.07 Å². The van der Waals surface area contributed by atoms with Gasteiger partial charge in [0.05, 0.1) is 12.6 Å². The molecular weight excluding hydrogens is 262 g/mol. The maximum Gasteiger partial charge on any atom is 0.412 e. The Morgan fingerprint density at radius 3 is 2.73 bits per heavy atom. The summed E-state index contributed by atoms with van der Waals surface area (Å²) in [5.74, 6) is 0. The lowest BCUT2D eigenvalue weighted by molar-refractivity contribution is 0.192. The quantitative estimate of drug-likeness (QED) is 0.889. The van der Waals surface area contributed by atoms with Crippen molar-refractivity contribution < 1.29 is 15.0 Å². The third kappa shape index (κ3) is 2.94. The van der Waals surface area contributed by atoms with Crippen LogP contribution in [0.1, 0.15) is 6.92 Å². The Kier molecular flexibility index (Phi) is 4.11. The van der Waals surface area contributed by atoms with Crippen molar-refractivity contribution >= 4 is 27.7 Å². The van der Waals surface area contributed by atoms with Gasteiger partial charge in [-0.25, -0.2) is 4.79 Å². The second-order valence-electron chi connectivity index (χ2n) is 3.16. The molecule has 0 aromatic heterocycles. The van der Waals surface area contributed by atoms with Crippen LogP contribution in [0.3, 0.4) is 0 Å². The van der Waals surface area contributed by atoms with Crippen molar-refractivity contribution in [1.82, 2.24) is 0 Å². The fourth-order valence-electron chi connectivity index (χ4n) is 1.26. The van der Waals surface area contributed by atoms with Crippen LogP contribution in [0.5, 0.6) is 0 Å². The molecule has 0 spiro atoms. The molecule has 1 amide bonds. The van der Waals surface area contributed by atoms with Gasteiger partial charge in [0.25, 0.3) is 0 Å². The number of benzene rings is 1. The molecule has 0 heterocycles. The van der Waals surface area contributed by atoms with Gasteiger partial charge >= 0.3 is 6.09 Å². The maximum absolute atomic E-state index is 11.0. The topological polar surface area (TPSA) is 60.8 Å². The highest BCUT2D eigenvalue weighted by Gasteiger charge is 2.20.